The molecule has 1 aromatic carbocycles. The summed E-state index contributed by atoms with van der Waals surface area (Å²) in [5, 5.41) is 5.91. The highest BCUT2D eigenvalue weighted by atomic mass is 16.5. The van der Waals surface area contributed by atoms with Gasteiger partial charge < -0.3 is 20.3 Å². The van der Waals surface area contributed by atoms with Crippen LogP contribution in [-0.2, 0) is 4.79 Å². The van der Waals surface area contributed by atoms with Gasteiger partial charge in [-0.1, -0.05) is 13.0 Å². The van der Waals surface area contributed by atoms with Crippen molar-refractivity contribution in [2.75, 3.05) is 46.2 Å². The summed E-state index contributed by atoms with van der Waals surface area (Å²) in [4.78, 5) is 14.1. The average Bonchev–Trinajstić information content (AvgIpc) is 2.44. The van der Waals surface area contributed by atoms with Crippen LogP contribution in [0.25, 0.3) is 0 Å². The third-order valence-corrected chi connectivity index (χ3v) is 3.08. The lowest BCUT2D eigenvalue weighted by molar-refractivity contribution is -0.119. The van der Waals surface area contributed by atoms with Crippen molar-refractivity contribution in [3.63, 3.8) is 0 Å². The van der Waals surface area contributed by atoms with Gasteiger partial charge >= 0.3 is 0 Å². The number of benzene rings is 1. The van der Waals surface area contributed by atoms with Gasteiger partial charge in [0.25, 0.3) is 0 Å². The van der Waals surface area contributed by atoms with Gasteiger partial charge in [-0.05, 0) is 39.7 Å². The number of rotatable bonds is 9. The van der Waals surface area contributed by atoms with Crippen LogP contribution in [0, 0.1) is 5.92 Å². The third-order valence-electron chi connectivity index (χ3n) is 3.08. The average molecular weight is 293 g/mol. The molecule has 0 fully saturated rings. The summed E-state index contributed by atoms with van der Waals surface area (Å²) >= 11 is 0. The lowest BCUT2D eigenvalue weighted by Gasteiger charge is -2.13. The lowest BCUT2D eigenvalue weighted by atomic mass is 10.1. The predicted molar refractivity (Wildman–Crippen MR) is 86.8 cm³/mol. The Morgan fingerprint density at radius 1 is 1.38 bits per heavy atom. The van der Waals surface area contributed by atoms with Crippen molar-refractivity contribution in [3.8, 4) is 5.75 Å². The molecule has 0 aromatic heterocycles. The molecular weight excluding hydrogens is 266 g/mol. The van der Waals surface area contributed by atoms with Gasteiger partial charge in [-0.15, -0.1) is 0 Å². The van der Waals surface area contributed by atoms with Gasteiger partial charge in [0.2, 0.25) is 5.91 Å². The smallest absolute Gasteiger partial charge is 0.228 e. The van der Waals surface area contributed by atoms with E-state index in [0.717, 1.165) is 24.4 Å². The highest BCUT2D eigenvalue weighted by Gasteiger charge is 2.11. The van der Waals surface area contributed by atoms with E-state index in [2.05, 4.69) is 15.5 Å². The van der Waals surface area contributed by atoms with Gasteiger partial charge in [0, 0.05) is 30.8 Å². The van der Waals surface area contributed by atoms with Crippen molar-refractivity contribution in [2.24, 2.45) is 5.92 Å². The summed E-state index contributed by atoms with van der Waals surface area (Å²) in [6, 6.07) is 7.53. The molecule has 1 unspecified atom stereocenters. The molecular formula is C16H27N3O2. The Kier molecular flexibility index (Phi) is 7.79. The molecule has 0 bridgehead atoms. The third kappa shape index (κ3) is 7.11. The first-order chi connectivity index (χ1) is 10.0. The van der Waals surface area contributed by atoms with E-state index in [1.54, 1.807) is 0 Å². The maximum Gasteiger partial charge on any atom is 0.228 e. The molecule has 2 N–H and O–H groups in total. The molecule has 21 heavy (non-hydrogen) atoms. The molecule has 0 heterocycles. The highest BCUT2D eigenvalue weighted by molar-refractivity contribution is 5.92. The van der Waals surface area contributed by atoms with Gasteiger partial charge in [-0.25, -0.2) is 0 Å². The Bertz CT molecular complexity index is 435. The first-order valence-corrected chi connectivity index (χ1v) is 7.36. The van der Waals surface area contributed by atoms with Crippen LogP contribution >= 0.6 is 0 Å². The summed E-state index contributed by atoms with van der Waals surface area (Å²) in [5.74, 6) is 0.724. The van der Waals surface area contributed by atoms with Crippen molar-refractivity contribution in [1.29, 1.82) is 0 Å². The Morgan fingerprint density at radius 2 is 2.14 bits per heavy atom. The topological polar surface area (TPSA) is 53.6 Å². The fraction of sp³-hybridized carbons (Fsp3) is 0.562. The van der Waals surface area contributed by atoms with Crippen molar-refractivity contribution >= 4 is 11.6 Å². The molecule has 5 nitrogen and oxygen atoms in total. The highest BCUT2D eigenvalue weighted by Crippen LogP contribution is 2.18. The van der Waals surface area contributed by atoms with Gasteiger partial charge in [0.05, 0.1) is 6.61 Å². The van der Waals surface area contributed by atoms with Crippen LogP contribution < -0.4 is 15.4 Å². The predicted octanol–water partition coefficient (Wildman–Crippen LogP) is 1.81. The van der Waals surface area contributed by atoms with Crippen LogP contribution in [0.2, 0.25) is 0 Å². The van der Waals surface area contributed by atoms with Crippen molar-refractivity contribution in [3.05, 3.63) is 24.3 Å². The fourth-order valence-corrected chi connectivity index (χ4v) is 1.90. The van der Waals surface area contributed by atoms with E-state index in [1.807, 2.05) is 52.3 Å². The summed E-state index contributed by atoms with van der Waals surface area (Å²) < 4.78 is 5.70. The van der Waals surface area contributed by atoms with Gasteiger partial charge in [0.15, 0.2) is 0 Å². The molecule has 0 spiro atoms. The maximum atomic E-state index is 12.0. The standard InChI is InChI=1S/C16H27N3O2/c1-13(12-17-2)16(20)18-14-7-5-8-15(11-14)21-10-6-9-19(3)4/h5,7-8,11,13,17H,6,9-10,12H2,1-4H3,(H,18,20). The Labute approximate surface area is 127 Å². The molecule has 0 radical (unpaired) electrons. The number of nitrogens with zero attached hydrogens (tertiary/aromatic N) is 1. The largest absolute Gasteiger partial charge is 0.493 e. The monoisotopic (exact) mass is 293 g/mol. The number of hydrogen-bond acceptors (Lipinski definition) is 4. The van der Waals surface area contributed by atoms with Crippen LogP contribution in [0.1, 0.15) is 13.3 Å². The van der Waals surface area contributed by atoms with Gasteiger partial charge in [0.1, 0.15) is 5.75 Å². The van der Waals surface area contributed by atoms with Gasteiger partial charge in [-0.2, -0.15) is 0 Å². The quantitative estimate of drug-likeness (QED) is 0.682. The molecule has 118 valence electrons. The number of nitrogens with one attached hydrogen (secondary N) is 2. The number of amides is 1. The van der Waals surface area contributed by atoms with Gasteiger partial charge in [-0.3, -0.25) is 4.79 Å². The maximum absolute atomic E-state index is 12.0. The van der Waals surface area contributed by atoms with Crippen LogP contribution in [0.4, 0.5) is 5.69 Å². The van der Waals surface area contributed by atoms with E-state index in [9.17, 15) is 4.79 Å². The van der Waals surface area contributed by atoms with E-state index in [0.29, 0.717) is 13.2 Å². The minimum absolute atomic E-state index is 0.00843. The minimum Gasteiger partial charge on any atom is -0.493 e. The Hall–Kier alpha value is -1.59. The summed E-state index contributed by atoms with van der Waals surface area (Å²) in [6.07, 6.45) is 0.975. The van der Waals surface area contributed by atoms with Crippen LogP contribution in [0.3, 0.4) is 0 Å². The zero-order chi connectivity index (χ0) is 15.7. The summed E-state index contributed by atoms with van der Waals surface area (Å²) in [6.45, 7) is 4.23. The van der Waals surface area contributed by atoms with Crippen LogP contribution in [0.15, 0.2) is 24.3 Å². The summed E-state index contributed by atoms with van der Waals surface area (Å²) in [5.41, 5.74) is 0.771. The molecule has 1 atom stereocenters. The van der Waals surface area contributed by atoms with Crippen LogP contribution in [-0.4, -0.2) is 51.6 Å². The van der Waals surface area contributed by atoms with Crippen molar-refractivity contribution in [2.45, 2.75) is 13.3 Å². The number of hydrogen-bond donors (Lipinski definition) is 2. The zero-order valence-corrected chi connectivity index (χ0v) is 13.5. The molecule has 0 saturated carbocycles. The molecule has 1 amide bonds. The Morgan fingerprint density at radius 3 is 2.81 bits per heavy atom. The zero-order valence-electron chi connectivity index (χ0n) is 13.5. The first-order valence-electron chi connectivity index (χ1n) is 7.36. The second-order valence-corrected chi connectivity index (χ2v) is 5.48. The molecule has 5 heteroatoms. The minimum atomic E-state index is -0.0698. The van der Waals surface area contributed by atoms with Crippen LogP contribution in [0.5, 0.6) is 5.75 Å². The Balaban J connectivity index is 2.46. The van der Waals surface area contributed by atoms with Crippen molar-refractivity contribution in [1.82, 2.24) is 10.2 Å². The number of carbonyl (C=O) groups is 1. The fourth-order valence-electron chi connectivity index (χ4n) is 1.90. The van der Waals surface area contributed by atoms with Crippen molar-refractivity contribution < 1.29 is 9.53 Å². The molecule has 0 aliphatic heterocycles. The van der Waals surface area contributed by atoms with E-state index in [4.69, 9.17) is 4.74 Å². The molecule has 1 aromatic rings. The molecule has 0 aliphatic rings. The molecule has 1 rings (SSSR count). The second-order valence-electron chi connectivity index (χ2n) is 5.48. The number of ether oxygens (including phenoxy) is 1. The number of anilines is 1. The van der Waals surface area contributed by atoms with E-state index in [1.165, 1.54) is 0 Å². The molecule has 0 aliphatic carbocycles. The van der Waals surface area contributed by atoms with E-state index >= 15 is 0 Å². The SMILES string of the molecule is CNCC(C)C(=O)Nc1cccc(OCCCN(C)C)c1. The summed E-state index contributed by atoms with van der Waals surface area (Å²) in [7, 11) is 5.93. The van der Waals surface area contributed by atoms with E-state index < -0.39 is 0 Å². The number of carbonyl (C=O) groups excluding carboxylic acids is 1. The second kappa shape index (κ2) is 9.37. The lowest BCUT2D eigenvalue weighted by Crippen LogP contribution is -2.28. The molecule has 0 saturated heterocycles. The van der Waals surface area contributed by atoms with E-state index in [-0.39, 0.29) is 11.8 Å². The normalized spacial score (nSPS) is 12.2. The first kappa shape index (κ1) is 17.5.